The molecule has 0 radical (unpaired) electrons. The highest BCUT2D eigenvalue weighted by atomic mass is 16.4. The Morgan fingerprint density at radius 1 is 1.27 bits per heavy atom. The van der Waals surface area contributed by atoms with Crippen molar-refractivity contribution in [1.82, 2.24) is 5.32 Å². The summed E-state index contributed by atoms with van der Waals surface area (Å²) < 4.78 is 0. The molecule has 1 aromatic rings. The molecule has 0 bridgehead atoms. The fourth-order valence-corrected chi connectivity index (χ4v) is 3.00. The number of nitrogens with zero attached hydrogens (tertiary/aromatic N) is 1. The summed E-state index contributed by atoms with van der Waals surface area (Å²) in [6, 6.07) is 4.01. The summed E-state index contributed by atoms with van der Waals surface area (Å²) in [7, 11) is 0. The molecule has 1 saturated heterocycles. The van der Waals surface area contributed by atoms with Gasteiger partial charge in [0.2, 0.25) is 11.8 Å². The predicted octanol–water partition coefficient (Wildman–Crippen LogP) is 1.17. The molecule has 2 amide bonds. The molecular weight excluding hydrogens is 284 g/mol. The molecule has 118 valence electrons. The quantitative estimate of drug-likeness (QED) is 0.874. The van der Waals surface area contributed by atoms with Gasteiger partial charge in [-0.05, 0) is 31.9 Å². The minimum Gasteiger partial charge on any atom is -0.480 e. The number of benzene rings is 1. The van der Waals surface area contributed by atoms with E-state index in [-0.39, 0.29) is 24.8 Å². The SMILES string of the molecule is Cc1cc(C)c(N2C[C@H](C(=O)NCC(=O)O)CC2=O)c(C)c1. The number of amides is 2. The highest BCUT2D eigenvalue weighted by Crippen LogP contribution is 2.31. The van der Waals surface area contributed by atoms with Crippen LogP contribution in [0.15, 0.2) is 12.1 Å². The highest BCUT2D eigenvalue weighted by molar-refractivity contribution is 6.01. The topological polar surface area (TPSA) is 86.7 Å². The first-order valence-electron chi connectivity index (χ1n) is 7.17. The Morgan fingerprint density at radius 3 is 2.41 bits per heavy atom. The number of carbonyl (C=O) groups excluding carboxylic acids is 2. The van der Waals surface area contributed by atoms with Crippen LogP contribution in [0.2, 0.25) is 0 Å². The van der Waals surface area contributed by atoms with Gasteiger partial charge in [0.15, 0.2) is 0 Å². The van der Waals surface area contributed by atoms with E-state index in [2.05, 4.69) is 5.32 Å². The normalized spacial score (nSPS) is 17.7. The fourth-order valence-electron chi connectivity index (χ4n) is 3.00. The van der Waals surface area contributed by atoms with E-state index < -0.39 is 18.4 Å². The van der Waals surface area contributed by atoms with Crippen LogP contribution in [0.3, 0.4) is 0 Å². The van der Waals surface area contributed by atoms with E-state index in [1.807, 2.05) is 32.9 Å². The van der Waals surface area contributed by atoms with Gasteiger partial charge in [0.1, 0.15) is 6.54 Å². The van der Waals surface area contributed by atoms with E-state index in [4.69, 9.17) is 5.11 Å². The van der Waals surface area contributed by atoms with Crippen LogP contribution in [-0.2, 0) is 14.4 Å². The van der Waals surface area contributed by atoms with Gasteiger partial charge in [-0.25, -0.2) is 0 Å². The first-order chi connectivity index (χ1) is 10.3. The number of hydrogen-bond donors (Lipinski definition) is 2. The van der Waals surface area contributed by atoms with Crippen LogP contribution in [0.4, 0.5) is 5.69 Å². The summed E-state index contributed by atoms with van der Waals surface area (Å²) in [5.41, 5.74) is 3.97. The summed E-state index contributed by atoms with van der Waals surface area (Å²) in [4.78, 5) is 36.3. The maximum Gasteiger partial charge on any atom is 0.322 e. The van der Waals surface area contributed by atoms with Crippen molar-refractivity contribution in [3.63, 3.8) is 0 Å². The molecule has 1 heterocycles. The number of carboxylic acid groups (broad SMARTS) is 1. The molecule has 0 saturated carbocycles. The largest absolute Gasteiger partial charge is 0.480 e. The molecule has 0 aromatic heterocycles. The zero-order chi connectivity index (χ0) is 16.4. The van der Waals surface area contributed by atoms with Crippen LogP contribution in [-0.4, -0.2) is 36.0 Å². The van der Waals surface area contributed by atoms with Crippen LogP contribution in [0.5, 0.6) is 0 Å². The van der Waals surface area contributed by atoms with Crippen LogP contribution < -0.4 is 10.2 Å². The second-order valence-corrected chi connectivity index (χ2v) is 5.76. The standard InChI is InChI=1S/C16H20N2O4/c1-9-4-10(2)15(11(3)5-9)18-8-12(6-13(18)19)16(22)17-7-14(20)21/h4-5,12H,6-8H2,1-3H3,(H,17,22)(H,20,21)/t12-/m1/s1. The molecule has 0 unspecified atom stereocenters. The molecule has 1 aliphatic rings. The lowest BCUT2D eigenvalue weighted by Crippen LogP contribution is -2.36. The summed E-state index contributed by atoms with van der Waals surface area (Å²) >= 11 is 0. The average Bonchev–Trinajstić information content (AvgIpc) is 2.77. The second kappa shape index (κ2) is 6.17. The molecule has 2 N–H and O–H groups in total. The Kier molecular flexibility index (Phi) is 4.49. The molecule has 1 aromatic carbocycles. The van der Waals surface area contributed by atoms with Crippen LogP contribution in [0.1, 0.15) is 23.1 Å². The third-order valence-electron chi connectivity index (χ3n) is 3.81. The second-order valence-electron chi connectivity index (χ2n) is 5.76. The van der Waals surface area contributed by atoms with Gasteiger partial charge in [0.05, 0.1) is 5.92 Å². The van der Waals surface area contributed by atoms with E-state index in [9.17, 15) is 14.4 Å². The number of carboxylic acids is 1. The lowest BCUT2D eigenvalue weighted by Gasteiger charge is -2.22. The number of aliphatic carboxylic acids is 1. The smallest absolute Gasteiger partial charge is 0.322 e. The van der Waals surface area contributed by atoms with E-state index in [1.54, 1.807) is 4.90 Å². The van der Waals surface area contributed by atoms with Crippen molar-refractivity contribution < 1.29 is 19.5 Å². The Hall–Kier alpha value is -2.37. The zero-order valence-electron chi connectivity index (χ0n) is 13.0. The van der Waals surface area contributed by atoms with Crippen LogP contribution in [0.25, 0.3) is 0 Å². The lowest BCUT2D eigenvalue weighted by atomic mass is 10.0. The van der Waals surface area contributed by atoms with Crippen molar-refractivity contribution in [2.75, 3.05) is 18.0 Å². The van der Waals surface area contributed by atoms with E-state index in [0.717, 1.165) is 22.4 Å². The first-order valence-corrected chi connectivity index (χ1v) is 7.17. The predicted molar refractivity (Wildman–Crippen MR) is 81.8 cm³/mol. The van der Waals surface area contributed by atoms with Crippen molar-refractivity contribution in [1.29, 1.82) is 0 Å². The van der Waals surface area contributed by atoms with Gasteiger partial charge in [-0.3, -0.25) is 14.4 Å². The van der Waals surface area contributed by atoms with Crippen molar-refractivity contribution >= 4 is 23.5 Å². The number of anilines is 1. The maximum atomic E-state index is 12.2. The molecule has 1 aliphatic heterocycles. The van der Waals surface area contributed by atoms with Gasteiger partial charge in [0, 0.05) is 18.7 Å². The van der Waals surface area contributed by atoms with Crippen molar-refractivity contribution in [2.45, 2.75) is 27.2 Å². The van der Waals surface area contributed by atoms with Gasteiger partial charge in [-0.1, -0.05) is 17.7 Å². The van der Waals surface area contributed by atoms with Gasteiger partial charge < -0.3 is 15.3 Å². The molecule has 22 heavy (non-hydrogen) atoms. The Morgan fingerprint density at radius 2 is 1.86 bits per heavy atom. The number of hydrogen-bond acceptors (Lipinski definition) is 3. The van der Waals surface area contributed by atoms with Crippen LogP contribution in [0, 0.1) is 26.7 Å². The lowest BCUT2D eigenvalue weighted by molar-refractivity contribution is -0.138. The molecule has 0 aliphatic carbocycles. The molecule has 1 fully saturated rings. The fraction of sp³-hybridized carbons (Fsp3) is 0.438. The summed E-state index contributed by atoms with van der Waals surface area (Å²) in [6.07, 6.45) is 0.109. The molecule has 6 heteroatoms. The monoisotopic (exact) mass is 304 g/mol. The summed E-state index contributed by atoms with van der Waals surface area (Å²) in [5.74, 6) is -2.10. The number of aryl methyl sites for hydroxylation is 3. The minimum atomic E-state index is -1.10. The van der Waals surface area contributed by atoms with Crippen molar-refractivity contribution in [3.05, 3.63) is 28.8 Å². The number of nitrogens with one attached hydrogen (secondary N) is 1. The van der Waals surface area contributed by atoms with Crippen molar-refractivity contribution in [3.8, 4) is 0 Å². The Balaban J connectivity index is 2.17. The summed E-state index contributed by atoms with van der Waals surface area (Å²) in [6.45, 7) is 5.75. The van der Waals surface area contributed by atoms with E-state index in [0.29, 0.717) is 0 Å². The van der Waals surface area contributed by atoms with Gasteiger partial charge in [-0.2, -0.15) is 0 Å². The molecule has 2 rings (SSSR count). The third kappa shape index (κ3) is 3.27. The van der Waals surface area contributed by atoms with Gasteiger partial charge in [0.25, 0.3) is 0 Å². The van der Waals surface area contributed by atoms with Crippen molar-refractivity contribution in [2.24, 2.45) is 5.92 Å². The Bertz CT molecular complexity index is 616. The van der Waals surface area contributed by atoms with E-state index in [1.165, 1.54) is 0 Å². The summed E-state index contributed by atoms with van der Waals surface area (Å²) in [5, 5.41) is 10.9. The molecule has 6 nitrogen and oxygen atoms in total. The minimum absolute atomic E-state index is 0.106. The molecule has 0 spiro atoms. The van der Waals surface area contributed by atoms with Crippen LogP contribution >= 0.6 is 0 Å². The Labute approximate surface area is 129 Å². The maximum absolute atomic E-state index is 12.2. The van der Waals surface area contributed by atoms with E-state index >= 15 is 0 Å². The molecule has 1 atom stereocenters. The van der Waals surface area contributed by atoms with Gasteiger partial charge >= 0.3 is 5.97 Å². The highest BCUT2D eigenvalue weighted by Gasteiger charge is 2.36. The third-order valence-corrected chi connectivity index (χ3v) is 3.81. The number of carbonyl (C=O) groups is 3. The first kappa shape index (κ1) is 16.0. The average molecular weight is 304 g/mol. The van der Waals surface area contributed by atoms with Gasteiger partial charge in [-0.15, -0.1) is 0 Å². The number of rotatable bonds is 4. The zero-order valence-corrected chi connectivity index (χ0v) is 13.0. The molecular formula is C16H20N2O4.